The Morgan fingerprint density at radius 1 is 1.65 bits per heavy atom. The third-order valence-electron chi connectivity index (χ3n) is 1.92. The number of nitrogen functional groups attached to an aromatic ring is 1. The third kappa shape index (κ3) is 4.99. The number of carbonyl (C=O) groups is 1. The molecule has 0 amide bonds. The lowest BCUT2D eigenvalue weighted by Gasteiger charge is -2.07. The number of esters is 1. The molecule has 0 aliphatic rings. The van der Waals surface area contributed by atoms with Crippen LogP contribution < -0.4 is 11.1 Å². The molecule has 0 saturated heterocycles. The Kier molecular flexibility index (Phi) is 5.68. The highest BCUT2D eigenvalue weighted by Gasteiger charge is 2.04. The summed E-state index contributed by atoms with van der Waals surface area (Å²) in [5.74, 6) is 0.651. The van der Waals surface area contributed by atoms with Gasteiger partial charge in [0.2, 0.25) is 5.95 Å². The molecule has 1 aromatic rings. The average molecular weight is 303 g/mol. The maximum Gasteiger partial charge on any atom is 0.305 e. The number of hydrogen-bond acceptors (Lipinski definition) is 6. The molecule has 7 heteroatoms. The first kappa shape index (κ1) is 13.7. The Bertz CT molecular complexity index is 387. The summed E-state index contributed by atoms with van der Waals surface area (Å²) in [7, 11) is 0. The topological polar surface area (TPSA) is 90.1 Å². The summed E-state index contributed by atoms with van der Waals surface area (Å²) in [5, 5.41) is 3.07. The minimum atomic E-state index is -0.185. The molecule has 0 bridgehead atoms. The minimum Gasteiger partial charge on any atom is -0.466 e. The van der Waals surface area contributed by atoms with Crippen molar-refractivity contribution in [3.8, 4) is 0 Å². The fourth-order valence-electron chi connectivity index (χ4n) is 1.18. The predicted octanol–water partition coefficient (Wildman–Crippen LogP) is 1.58. The van der Waals surface area contributed by atoms with Gasteiger partial charge < -0.3 is 15.8 Å². The second kappa shape index (κ2) is 7.05. The van der Waals surface area contributed by atoms with Crippen LogP contribution in [0.1, 0.15) is 19.8 Å². The van der Waals surface area contributed by atoms with Crippen molar-refractivity contribution in [2.24, 2.45) is 0 Å². The standard InChI is InChI=1S/C10H15BrN4O2/c1-2-17-8(16)4-3-5-13-9-7(11)6-14-10(12)15-9/h6H,2-5H2,1H3,(H3,12,13,14,15). The van der Waals surface area contributed by atoms with E-state index in [0.29, 0.717) is 31.8 Å². The molecular formula is C10H15BrN4O2. The molecule has 0 spiro atoms. The van der Waals surface area contributed by atoms with E-state index >= 15 is 0 Å². The van der Waals surface area contributed by atoms with Gasteiger partial charge in [0.1, 0.15) is 5.82 Å². The maximum absolute atomic E-state index is 11.1. The minimum absolute atomic E-state index is 0.185. The van der Waals surface area contributed by atoms with E-state index in [1.54, 1.807) is 13.1 Å². The zero-order chi connectivity index (χ0) is 12.7. The normalized spacial score (nSPS) is 10.0. The number of ether oxygens (including phenoxy) is 1. The Labute approximate surface area is 108 Å². The van der Waals surface area contributed by atoms with Gasteiger partial charge in [-0.3, -0.25) is 4.79 Å². The molecule has 0 atom stereocenters. The van der Waals surface area contributed by atoms with Gasteiger partial charge in [-0.15, -0.1) is 0 Å². The first-order valence-electron chi connectivity index (χ1n) is 5.31. The van der Waals surface area contributed by atoms with Crippen molar-refractivity contribution < 1.29 is 9.53 Å². The largest absolute Gasteiger partial charge is 0.466 e. The van der Waals surface area contributed by atoms with Gasteiger partial charge in [-0.25, -0.2) is 4.98 Å². The molecular weight excluding hydrogens is 288 g/mol. The van der Waals surface area contributed by atoms with E-state index < -0.39 is 0 Å². The molecule has 0 unspecified atom stereocenters. The van der Waals surface area contributed by atoms with Gasteiger partial charge in [0.25, 0.3) is 0 Å². The highest BCUT2D eigenvalue weighted by Crippen LogP contribution is 2.18. The number of aromatic nitrogens is 2. The van der Waals surface area contributed by atoms with E-state index in [1.807, 2.05) is 0 Å². The predicted molar refractivity (Wildman–Crippen MR) is 68.5 cm³/mol. The highest BCUT2D eigenvalue weighted by atomic mass is 79.9. The molecule has 0 aromatic carbocycles. The summed E-state index contributed by atoms with van der Waals surface area (Å²) in [6, 6.07) is 0. The average Bonchev–Trinajstić information content (AvgIpc) is 2.29. The molecule has 6 nitrogen and oxygen atoms in total. The molecule has 0 fully saturated rings. The summed E-state index contributed by atoms with van der Waals surface area (Å²) in [5.41, 5.74) is 5.46. The van der Waals surface area contributed by atoms with Gasteiger partial charge in [0.05, 0.1) is 11.1 Å². The highest BCUT2D eigenvalue weighted by molar-refractivity contribution is 9.10. The van der Waals surface area contributed by atoms with Crippen LogP contribution in [0.25, 0.3) is 0 Å². The molecule has 1 aromatic heterocycles. The van der Waals surface area contributed by atoms with Crippen LogP contribution in [-0.4, -0.2) is 29.1 Å². The number of halogens is 1. The van der Waals surface area contributed by atoms with Gasteiger partial charge in [0, 0.05) is 19.2 Å². The number of rotatable bonds is 6. The second-order valence-electron chi connectivity index (χ2n) is 3.26. The van der Waals surface area contributed by atoms with Gasteiger partial charge in [-0.1, -0.05) is 0 Å². The Hall–Kier alpha value is -1.37. The van der Waals surface area contributed by atoms with E-state index in [2.05, 4.69) is 31.2 Å². The van der Waals surface area contributed by atoms with Crippen LogP contribution in [0.5, 0.6) is 0 Å². The van der Waals surface area contributed by atoms with Crippen LogP contribution in [0.15, 0.2) is 10.7 Å². The van der Waals surface area contributed by atoms with Crippen molar-refractivity contribution in [3.05, 3.63) is 10.7 Å². The van der Waals surface area contributed by atoms with Crippen molar-refractivity contribution in [1.29, 1.82) is 0 Å². The number of nitrogens with one attached hydrogen (secondary N) is 1. The van der Waals surface area contributed by atoms with E-state index in [1.165, 1.54) is 0 Å². The smallest absolute Gasteiger partial charge is 0.305 e. The number of nitrogens with zero attached hydrogens (tertiary/aromatic N) is 2. The summed E-state index contributed by atoms with van der Waals surface area (Å²) < 4.78 is 5.55. The summed E-state index contributed by atoms with van der Waals surface area (Å²) in [6.07, 6.45) is 2.64. The Morgan fingerprint density at radius 2 is 2.41 bits per heavy atom. The van der Waals surface area contributed by atoms with Crippen molar-refractivity contribution in [2.45, 2.75) is 19.8 Å². The Morgan fingerprint density at radius 3 is 3.12 bits per heavy atom. The molecule has 0 radical (unpaired) electrons. The first-order chi connectivity index (χ1) is 8.13. The van der Waals surface area contributed by atoms with Gasteiger partial charge in [-0.2, -0.15) is 4.98 Å². The molecule has 94 valence electrons. The van der Waals surface area contributed by atoms with Crippen molar-refractivity contribution >= 4 is 33.7 Å². The third-order valence-corrected chi connectivity index (χ3v) is 2.50. The van der Waals surface area contributed by atoms with Crippen LogP contribution in [0.2, 0.25) is 0 Å². The molecule has 1 rings (SSSR count). The van der Waals surface area contributed by atoms with Crippen LogP contribution in [0, 0.1) is 0 Å². The van der Waals surface area contributed by atoms with E-state index in [9.17, 15) is 4.79 Å². The first-order valence-corrected chi connectivity index (χ1v) is 6.10. The number of carbonyl (C=O) groups excluding carboxylic acids is 1. The summed E-state index contributed by atoms with van der Waals surface area (Å²) >= 11 is 3.30. The fourth-order valence-corrected chi connectivity index (χ4v) is 1.51. The molecule has 0 aliphatic heterocycles. The zero-order valence-corrected chi connectivity index (χ0v) is 11.2. The Balaban J connectivity index is 2.31. The lowest BCUT2D eigenvalue weighted by Crippen LogP contribution is -2.10. The van der Waals surface area contributed by atoms with Crippen LogP contribution in [0.4, 0.5) is 11.8 Å². The van der Waals surface area contributed by atoms with Crippen LogP contribution >= 0.6 is 15.9 Å². The quantitative estimate of drug-likeness (QED) is 0.612. The van der Waals surface area contributed by atoms with Crippen LogP contribution in [0.3, 0.4) is 0 Å². The van der Waals surface area contributed by atoms with Gasteiger partial charge >= 0.3 is 5.97 Å². The molecule has 0 saturated carbocycles. The molecule has 17 heavy (non-hydrogen) atoms. The summed E-state index contributed by atoms with van der Waals surface area (Å²) in [6.45, 7) is 2.82. The molecule has 0 aliphatic carbocycles. The number of anilines is 2. The van der Waals surface area contributed by atoms with E-state index in [0.717, 1.165) is 4.47 Å². The summed E-state index contributed by atoms with van der Waals surface area (Å²) in [4.78, 5) is 18.9. The van der Waals surface area contributed by atoms with Crippen molar-refractivity contribution in [1.82, 2.24) is 9.97 Å². The van der Waals surface area contributed by atoms with Gasteiger partial charge in [0.15, 0.2) is 0 Å². The second-order valence-corrected chi connectivity index (χ2v) is 4.11. The van der Waals surface area contributed by atoms with Crippen molar-refractivity contribution in [3.63, 3.8) is 0 Å². The lowest BCUT2D eigenvalue weighted by molar-refractivity contribution is -0.143. The number of nitrogens with two attached hydrogens (primary N) is 1. The van der Waals surface area contributed by atoms with Crippen LogP contribution in [-0.2, 0) is 9.53 Å². The maximum atomic E-state index is 11.1. The van der Waals surface area contributed by atoms with Crippen molar-refractivity contribution in [2.75, 3.05) is 24.2 Å². The van der Waals surface area contributed by atoms with Gasteiger partial charge in [-0.05, 0) is 29.3 Å². The molecule has 3 N–H and O–H groups in total. The van der Waals surface area contributed by atoms with E-state index in [-0.39, 0.29) is 11.9 Å². The SMILES string of the molecule is CCOC(=O)CCCNc1nc(N)ncc1Br. The molecule has 1 heterocycles. The zero-order valence-electron chi connectivity index (χ0n) is 9.57. The lowest BCUT2D eigenvalue weighted by atomic mass is 10.3. The number of hydrogen-bond donors (Lipinski definition) is 2. The monoisotopic (exact) mass is 302 g/mol. The fraction of sp³-hybridized carbons (Fsp3) is 0.500. The van der Waals surface area contributed by atoms with E-state index in [4.69, 9.17) is 10.5 Å².